The second-order valence-electron chi connectivity index (χ2n) is 8.31. The molecular formula is C22H31N5OS. The number of carbonyl (C=O) groups is 1. The first-order valence-corrected chi connectivity index (χ1v) is 11.6. The quantitative estimate of drug-likeness (QED) is 0.752. The molecule has 4 heterocycles. The Labute approximate surface area is 177 Å². The number of rotatable bonds is 5. The van der Waals surface area contributed by atoms with Gasteiger partial charge in [-0.2, -0.15) is 0 Å². The third-order valence-electron chi connectivity index (χ3n) is 6.23. The van der Waals surface area contributed by atoms with E-state index in [2.05, 4.69) is 57.4 Å². The van der Waals surface area contributed by atoms with Gasteiger partial charge in [0.2, 0.25) is 5.91 Å². The summed E-state index contributed by atoms with van der Waals surface area (Å²) in [4.78, 5) is 20.5. The summed E-state index contributed by atoms with van der Waals surface area (Å²) < 4.78 is 0. The zero-order valence-corrected chi connectivity index (χ0v) is 18.3. The molecule has 2 aromatic rings. The molecule has 1 amide bonds. The van der Waals surface area contributed by atoms with Crippen LogP contribution in [0.25, 0.3) is 0 Å². The highest BCUT2D eigenvalue weighted by atomic mass is 32.1. The lowest BCUT2D eigenvalue weighted by Crippen LogP contribution is -2.49. The zero-order valence-electron chi connectivity index (χ0n) is 17.5. The van der Waals surface area contributed by atoms with Gasteiger partial charge < -0.3 is 14.7 Å². The summed E-state index contributed by atoms with van der Waals surface area (Å²) in [7, 11) is 0. The molecular weight excluding hydrogens is 382 g/mol. The predicted molar refractivity (Wildman–Crippen MR) is 119 cm³/mol. The number of amides is 1. The lowest BCUT2D eigenvalue weighted by atomic mass is 9.99. The van der Waals surface area contributed by atoms with Crippen LogP contribution in [0.15, 0.2) is 23.6 Å². The second-order valence-corrected chi connectivity index (χ2v) is 9.31. The highest BCUT2D eigenvalue weighted by Crippen LogP contribution is 2.23. The van der Waals surface area contributed by atoms with Crippen LogP contribution in [0, 0.1) is 12.8 Å². The van der Waals surface area contributed by atoms with E-state index in [1.165, 1.54) is 23.3 Å². The molecule has 29 heavy (non-hydrogen) atoms. The van der Waals surface area contributed by atoms with Gasteiger partial charge in [0.1, 0.15) is 0 Å². The number of piperazine rings is 1. The Morgan fingerprint density at radius 3 is 2.17 bits per heavy atom. The largest absolute Gasteiger partial charge is 0.355 e. The van der Waals surface area contributed by atoms with E-state index >= 15 is 0 Å². The first-order chi connectivity index (χ1) is 14.1. The third-order valence-corrected chi connectivity index (χ3v) is 7.32. The number of piperidine rings is 1. The van der Waals surface area contributed by atoms with Crippen molar-refractivity contribution in [1.82, 2.24) is 15.1 Å². The van der Waals surface area contributed by atoms with Gasteiger partial charge in [0.15, 0.2) is 11.6 Å². The van der Waals surface area contributed by atoms with Gasteiger partial charge in [0.05, 0.1) is 0 Å². The van der Waals surface area contributed by atoms with Crippen molar-refractivity contribution in [2.45, 2.75) is 39.5 Å². The van der Waals surface area contributed by atoms with Crippen LogP contribution in [0.2, 0.25) is 0 Å². The number of aromatic nitrogens is 2. The van der Waals surface area contributed by atoms with Gasteiger partial charge in [-0.15, -0.1) is 21.5 Å². The lowest BCUT2D eigenvalue weighted by Gasteiger charge is -2.35. The number of anilines is 2. The standard InChI is InChI=1S/C22H31N5OS/c1-17-7-10-25(11-8-17)20-4-5-21(24-23-20)26-12-14-27(15-13-26)22(28)6-3-19-18(2)9-16-29-19/h4-5,9,16-17H,3,6-8,10-15H2,1-2H3. The van der Waals surface area contributed by atoms with Gasteiger partial charge in [-0.05, 0) is 61.2 Å². The van der Waals surface area contributed by atoms with E-state index in [0.29, 0.717) is 6.42 Å². The fourth-order valence-electron chi connectivity index (χ4n) is 4.12. The molecule has 0 unspecified atom stereocenters. The molecule has 4 rings (SSSR count). The number of thiophene rings is 1. The van der Waals surface area contributed by atoms with E-state index in [1.807, 2.05) is 4.90 Å². The third kappa shape index (κ3) is 4.89. The molecule has 2 fully saturated rings. The lowest BCUT2D eigenvalue weighted by molar-refractivity contribution is -0.131. The molecule has 7 heteroatoms. The summed E-state index contributed by atoms with van der Waals surface area (Å²) in [6, 6.07) is 6.30. The molecule has 0 saturated carbocycles. The average molecular weight is 414 g/mol. The van der Waals surface area contributed by atoms with E-state index in [9.17, 15) is 4.79 Å². The van der Waals surface area contributed by atoms with Crippen LogP contribution in [-0.2, 0) is 11.2 Å². The van der Waals surface area contributed by atoms with Crippen LogP contribution in [0.3, 0.4) is 0 Å². The maximum absolute atomic E-state index is 12.6. The van der Waals surface area contributed by atoms with E-state index < -0.39 is 0 Å². The monoisotopic (exact) mass is 413 g/mol. The molecule has 2 aromatic heterocycles. The van der Waals surface area contributed by atoms with Crippen LogP contribution in [0.4, 0.5) is 11.6 Å². The first-order valence-electron chi connectivity index (χ1n) is 10.7. The van der Waals surface area contributed by atoms with E-state index in [-0.39, 0.29) is 5.91 Å². The number of carbonyl (C=O) groups excluding carboxylic acids is 1. The summed E-state index contributed by atoms with van der Waals surface area (Å²) in [5, 5.41) is 11.1. The Kier molecular flexibility index (Phi) is 6.33. The fraction of sp³-hybridized carbons (Fsp3) is 0.591. The fourth-order valence-corrected chi connectivity index (χ4v) is 5.03. The van der Waals surface area contributed by atoms with Crippen molar-refractivity contribution < 1.29 is 4.79 Å². The molecule has 2 aliphatic heterocycles. The Bertz CT molecular complexity index is 805. The SMILES string of the molecule is Cc1ccsc1CCC(=O)N1CCN(c2ccc(N3CCC(C)CC3)nn2)CC1. The van der Waals surface area contributed by atoms with Crippen LogP contribution >= 0.6 is 11.3 Å². The highest BCUT2D eigenvalue weighted by molar-refractivity contribution is 7.10. The minimum Gasteiger partial charge on any atom is -0.355 e. The summed E-state index contributed by atoms with van der Waals surface area (Å²) in [5.41, 5.74) is 1.30. The Morgan fingerprint density at radius 2 is 1.62 bits per heavy atom. The molecule has 0 atom stereocenters. The topological polar surface area (TPSA) is 52.6 Å². The number of nitrogens with zero attached hydrogens (tertiary/aromatic N) is 5. The maximum atomic E-state index is 12.6. The van der Waals surface area contributed by atoms with Crippen LogP contribution in [-0.4, -0.2) is 60.3 Å². The second kappa shape index (κ2) is 9.11. The van der Waals surface area contributed by atoms with Crippen molar-refractivity contribution in [2.75, 3.05) is 49.1 Å². The van der Waals surface area contributed by atoms with Crippen LogP contribution in [0.5, 0.6) is 0 Å². The van der Waals surface area contributed by atoms with Gasteiger partial charge in [-0.3, -0.25) is 4.79 Å². The van der Waals surface area contributed by atoms with Crippen LogP contribution < -0.4 is 9.80 Å². The van der Waals surface area contributed by atoms with E-state index in [4.69, 9.17) is 0 Å². The predicted octanol–water partition coefficient (Wildman–Crippen LogP) is 3.36. The molecule has 0 aromatic carbocycles. The van der Waals surface area contributed by atoms with Crippen molar-refractivity contribution in [3.05, 3.63) is 34.0 Å². The minimum absolute atomic E-state index is 0.262. The Hall–Kier alpha value is -2.15. The first kappa shape index (κ1) is 20.1. The molecule has 0 N–H and O–H groups in total. The van der Waals surface area contributed by atoms with Crippen molar-refractivity contribution >= 4 is 28.9 Å². The summed E-state index contributed by atoms with van der Waals surface area (Å²) >= 11 is 1.75. The number of hydrogen-bond acceptors (Lipinski definition) is 6. The molecule has 0 aliphatic carbocycles. The summed E-state index contributed by atoms with van der Waals surface area (Å²) in [6.07, 6.45) is 3.91. The Morgan fingerprint density at radius 1 is 1.00 bits per heavy atom. The normalized spacial score (nSPS) is 18.3. The Balaban J connectivity index is 1.26. The van der Waals surface area contributed by atoms with Gasteiger partial charge in [-0.25, -0.2) is 0 Å². The van der Waals surface area contributed by atoms with Crippen molar-refractivity contribution in [3.63, 3.8) is 0 Å². The van der Waals surface area contributed by atoms with Gasteiger partial charge in [-0.1, -0.05) is 6.92 Å². The van der Waals surface area contributed by atoms with Gasteiger partial charge in [0.25, 0.3) is 0 Å². The molecule has 2 saturated heterocycles. The molecule has 0 spiro atoms. The van der Waals surface area contributed by atoms with E-state index in [1.54, 1.807) is 11.3 Å². The van der Waals surface area contributed by atoms with Gasteiger partial charge in [0, 0.05) is 50.6 Å². The average Bonchev–Trinajstić information content (AvgIpc) is 3.17. The molecule has 156 valence electrons. The summed E-state index contributed by atoms with van der Waals surface area (Å²) in [5.74, 6) is 2.98. The smallest absolute Gasteiger partial charge is 0.223 e. The van der Waals surface area contributed by atoms with E-state index in [0.717, 1.165) is 63.2 Å². The van der Waals surface area contributed by atoms with Crippen LogP contribution in [0.1, 0.15) is 36.6 Å². The number of hydrogen-bond donors (Lipinski definition) is 0. The number of aryl methyl sites for hydroxylation is 2. The van der Waals surface area contributed by atoms with Crippen molar-refractivity contribution in [1.29, 1.82) is 0 Å². The minimum atomic E-state index is 0.262. The van der Waals surface area contributed by atoms with Gasteiger partial charge >= 0.3 is 0 Å². The molecule has 2 aliphatic rings. The maximum Gasteiger partial charge on any atom is 0.223 e. The van der Waals surface area contributed by atoms with Crippen molar-refractivity contribution in [3.8, 4) is 0 Å². The molecule has 6 nitrogen and oxygen atoms in total. The highest BCUT2D eigenvalue weighted by Gasteiger charge is 2.23. The summed E-state index contributed by atoms with van der Waals surface area (Å²) in [6.45, 7) is 9.73. The zero-order chi connectivity index (χ0) is 20.2. The molecule has 0 bridgehead atoms. The van der Waals surface area contributed by atoms with Crippen molar-refractivity contribution in [2.24, 2.45) is 5.92 Å². The molecule has 0 radical (unpaired) electrons.